The topological polar surface area (TPSA) is 254 Å². The highest BCUT2D eigenvalue weighted by Crippen LogP contribution is 2.25. The standard InChI is InChI=1S/C36H51N3O15S/c1-23(2)19-38(55(48,49)27-13-11-25(12-14-27)39(46)47)20-29(28(18-24-8-4-3-5-9-24)37-36(45)52-26-15-17-50-22-26)53-31(41)10-6-7-16-51-35-34(44)33(43)32(42)30(21-40)54-35/h3-5,8-9,11-14,23,26,28-30,32-35,40,42-44H,6-7,10,15-22H2,1-2H3,(H,37,45)/t26-,28-,29+,30?,32+,33?,34-,35?/m0/s1. The minimum absolute atomic E-state index is 0.0232. The third-order valence-corrected chi connectivity index (χ3v) is 10.9. The lowest BCUT2D eigenvalue weighted by molar-refractivity contribution is -0.384. The van der Waals surface area contributed by atoms with Gasteiger partial charge in [-0.25, -0.2) is 13.2 Å². The number of nitrogens with zero attached hydrogens (tertiary/aromatic N) is 2. The average Bonchev–Trinajstić information content (AvgIpc) is 3.67. The number of aliphatic hydroxyl groups is 4. The van der Waals surface area contributed by atoms with E-state index in [0.29, 0.717) is 13.0 Å². The molecule has 1 amide bonds. The Bertz CT molecular complexity index is 1620. The molecule has 0 aliphatic carbocycles. The van der Waals surface area contributed by atoms with Crippen molar-refractivity contribution in [3.63, 3.8) is 0 Å². The number of nitro benzene ring substituents is 1. The predicted octanol–water partition coefficient (Wildman–Crippen LogP) is 1.27. The number of alkyl carbamates (subject to hydrolysis) is 1. The molecular formula is C36H51N3O15S. The monoisotopic (exact) mass is 797 g/mol. The molecule has 19 heteroatoms. The van der Waals surface area contributed by atoms with E-state index >= 15 is 0 Å². The molecule has 2 aliphatic rings. The second-order valence-corrected chi connectivity index (χ2v) is 15.8. The Labute approximate surface area is 319 Å². The third-order valence-electron chi connectivity index (χ3n) is 9.04. The maximum absolute atomic E-state index is 14.1. The summed E-state index contributed by atoms with van der Waals surface area (Å²) in [4.78, 5) is 37.1. The molecule has 2 aromatic rings. The van der Waals surface area contributed by atoms with Gasteiger partial charge in [-0.05, 0) is 42.9 Å². The Morgan fingerprint density at radius 3 is 2.35 bits per heavy atom. The highest BCUT2D eigenvalue weighted by atomic mass is 32.2. The first-order valence-corrected chi connectivity index (χ1v) is 19.6. The maximum atomic E-state index is 14.1. The number of nitrogens with one attached hydrogen (secondary N) is 1. The second kappa shape index (κ2) is 20.9. The van der Waals surface area contributed by atoms with Crippen molar-refractivity contribution in [1.29, 1.82) is 0 Å². The molecule has 0 saturated carbocycles. The van der Waals surface area contributed by atoms with Gasteiger partial charge in [-0.2, -0.15) is 4.31 Å². The summed E-state index contributed by atoms with van der Waals surface area (Å²) in [7, 11) is -4.31. The van der Waals surface area contributed by atoms with Gasteiger partial charge < -0.3 is 49.4 Å². The number of non-ortho nitro benzene ring substituents is 1. The molecule has 2 heterocycles. The minimum atomic E-state index is -4.31. The molecular weight excluding hydrogens is 746 g/mol. The van der Waals surface area contributed by atoms with Gasteiger partial charge in [0.15, 0.2) is 6.29 Å². The lowest BCUT2D eigenvalue weighted by Gasteiger charge is -2.39. The molecule has 0 spiro atoms. The van der Waals surface area contributed by atoms with Gasteiger partial charge in [-0.1, -0.05) is 44.2 Å². The van der Waals surface area contributed by atoms with Crippen LogP contribution in [0.3, 0.4) is 0 Å². The summed E-state index contributed by atoms with van der Waals surface area (Å²) in [5, 5.41) is 53.7. The summed E-state index contributed by atoms with van der Waals surface area (Å²) < 4.78 is 57.0. The highest BCUT2D eigenvalue weighted by Gasteiger charge is 2.44. The molecule has 55 heavy (non-hydrogen) atoms. The van der Waals surface area contributed by atoms with E-state index in [4.69, 9.17) is 23.7 Å². The van der Waals surface area contributed by atoms with Crippen LogP contribution in [-0.4, -0.2) is 139 Å². The molecule has 18 nitrogen and oxygen atoms in total. The normalized spacial score (nSPS) is 24.0. The fourth-order valence-corrected chi connectivity index (χ4v) is 7.72. The lowest BCUT2D eigenvalue weighted by Crippen LogP contribution is -2.59. The van der Waals surface area contributed by atoms with Crippen molar-refractivity contribution in [2.75, 3.05) is 39.5 Å². The molecule has 0 aromatic heterocycles. The van der Waals surface area contributed by atoms with Crippen molar-refractivity contribution in [3.8, 4) is 0 Å². The van der Waals surface area contributed by atoms with Gasteiger partial charge >= 0.3 is 12.1 Å². The number of benzene rings is 2. The lowest BCUT2D eigenvalue weighted by atomic mass is 9.99. The largest absolute Gasteiger partial charge is 0.459 e. The molecule has 3 unspecified atom stereocenters. The van der Waals surface area contributed by atoms with E-state index in [1.54, 1.807) is 44.2 Å². The predicted molar refractivity (Wildman–Crippen MR) is 193 cm³/mol. The molecule has 306 valence electrons. The molecule has 2 aromatic carbocycles. The van der Waals surface area contributed by atoms with Crippen LogP contribution in [0.2, 0.25) is 0 Å². The summed E-state index contributed by atoms with van der Waals surface area (Å²) in [5.74, 6) is -0.923. The number of hydrogen-bond donors (Lipinski definition) is 5. The van der Waals surface area contributed by atoms with Gasteiger partial charge in [0.05, 0.1) is 42.2 Å². The number of amides is 1. The van der Waals surface area contributed by atoms with Crippen molar-refractivity contribution in [2.45, 2.75) is 99.8 Å². The van der Waals surface area contributed by atoms with E-state index in [0.717, 1.165) is 34.1 Å². The summed E-state index contributed by atoms with van der Waals surface area (Å²) in [6, 6.07) is 12.4. The molecule has 5 N–H and O–H groups in total. The number of rotatable bonds is 20. The van der Waals surface area contributed by atoms with Crippen LogP contribution in [0.5, 0.6) is 0 Å². The molecule has 2 fully saturated rings. The summed E-state index contributed by atoms with van der Waals surface area (Å²) in [6.07, 6.45) is -8.85. The van der Waals surface area contributed by atoms with E-state index < -0.39 is 89.1 Å². The van der Waals surface area contributed by atoms with Crippen molar-refractivity contribution >= 4 is 27.8 Å². The van der Waals surface area contributed by atoms with Gasteiger partial charge in [0, 0.05) is 38.1 Å². The van der Waals surface area contributed by atoms with Crippen LogP contribution in [-0.2, 0) is 44.9 Å². The first kappa shape index (κ1) is 43.9. The van der Waals surface area contributed by atoms with Crippen LogP contribution in [0.4, 0.5) is 10.5 Å². The van der Waals surface area contributed by atoms with Crippen LogP contribution < -0.4 is 5.32 Å². The zero-order valence-electron chi connectivity index (χ0n) is 30.8. The van der Waals surface area contributed by atoms with Crippen LogP contribution in [0, 0.1) is 16.0 Å². The average molecular weight is 798 g/mol. The third kappa shape index (κ3) is 12.9. The smallest absolute Gasteiger partial charge is 0.407 e. The van der Waals surface area contributed by atoms with Crippen molar-refractivity contribution in [1.82, 2.24) is 9.62 Å². The number of nitro groups is 1. The SMILES string of the molecule is CC(C)CN(C[C@@H](OC(=O)CCCCOC1OC(CO)[C@@H](O)C(O)[C@@H]1O)[C@H](Cc1ccccc1)NC(=O)O[C@H]1CCOC1)S(=O)(=O)c1ccc([N+](=O)[O-])cc1. The first-order chi connectivity index (χ1) is 26.2. The molecule has 2 aliphatic heterocycles. The van der Waals surface area contributed by atoms with Crippen molar-refractivity contribution < 1.29 is 67.0 Å². The molecule has 2 saturated heterocycles. The highest BCUT2D eigenvalue weighted by molar-refractivity contribution is 7.89. The Morgan fingerprint density at radius 2 is 1.73 bits per heavy atom. The van der Waals surface area contributed by atoms with Crippen LogP contribution in [0.15, 0.2) is 59.5 Å². The fraction of sp³-hybridized carbons (Fsp3) is 0.611. The minimum Gasteiger partial charge on any atom is -0.459 e. The Balaban J connectivity index is 1.54. The Morgan fingerprint density at radius 1 is 1.02 bits per heavy atom. The number of esters is 1. The van der Waals surface area contributed by atoms with E-state index in [1.165, 1.54) is 0 Å². The van der Waals surface area contributed by atoms with Crippen molar-refractivity contribution in [3.05, 3.63) is 70.3 Å². The van der Waals surface area contributed by atoms with Gasteiger partial charge in [-0.3, -0.25) is 14.9 Å². The summed E-state index contributed by atoms with van der Waals surface area (Å²) >= 11 is 0. The Hall–Kier alpha value is -3.79. The van der Waals surface area contributed by atoms with Gasteiger partial charge in [0.25, 0.3) is 5.69 Å². The van der Waals surface area contributed by atoms with Gasteiger partial charge in [0.1, 0.15) is 36.6 Å². The van der Waals surface area contributed by atoms with E-state index in [1.807, 2.05) is 0 Å². The maximum Gasteiger partial charge on any atom is 0.407 e. The van der Waals surface area contributed by atoms with Crippen molar-refractivity contribution in [2.24, 2.45) is 5.92 Å². The molecule has 8 atom stereocenters. The van der Waals surface area contributed by atoms with Crippen LogP contribution in [0.25, 0.3) is 0 Å². The van der Waals surface area contributed by atoms with Crippen LogP contribution in [0.1, 0.15) is 45.1 Å². The van der Waals surface area contributed by atoms with Gasteiger partial charge in [-0.15, -0.1) is 0 Å². The quantitative estimate of drug-likeness (QED) is 0.0547. The van der Waals surface area contributed by atoms with E-state index in [-0.39, 0.29) is 61.9 Å². The number of hydrogen-bond acceptors (Lipinski definition) is 15. The number of sulfonamides is 1. The Kier molecular flexibility index (Phi) is 16.7. The molecule has 0 radical (unpaired) electrons. The molecule has 0 bridgehead atoms. The summed E-state index contributed by atoms with van der Waals surface area (Å²) in [6.45, 7) is 3.16. The van der Waals surface area contributed by atoms with E-state index in [2.05, 4.69) is 5.32 Å². The van der Waals surface area contributed by atoms with Gasteiger partial charge in [0.2, 0.25) is 10.0 Å². The molecule has 4 rings (SSSR count). The van der Waals surface area contributed by atoms with Crippen LogP contribution >= 0.6 is 0 Å². The number of unbranched alkanes of at least 4 members (excludes halogenated alkanes) is 1. The number of carbonyl (C=O) groups excluding carboxylic acids is 2. The zero-order valence-corrected chi connectivity index (χ0v) is 31.6. The number of ether oxygens (including phenoxy) is 5. The summed E-state index contributed by atoms with van der Waals surface area (Å²) in [5.41, 5.74) is 0.454. The number of carbonyl (C=O) groups is 2. The second-order valence-electron chi connectivity index (χ2n) is 13.9. The fourth-order valence-electron chi connectivity index (χ4n) is 6.10. The number of aliphatic hydroxyl groups excluding tert-OH is 4. The first-order valence-electron chi connectivity index (χ1n) is 18.1. The zero-order chi connectivity index (χ0) is 40.1. The van der Waals surface area contributed by atoms with E-state index in [9.17, 15) is 48.5 Å².